The molecule has 0 unspecified atom stereocenters. The first-order valence-corrected chi connectivity index (χ1v) is 5.75. The van der Waals surface area contributed by atoms with Gasteiger partial charge in [0.15, 0.2) is 0 Å². The van der Waals surface area contributed by atoms with E-state index in [4.69, 9.17) is 5.73 Å². The molecule has 1 fully saturated rings. The molecule has 2 heterocycles. The highest BCUT2D eigenvalue weighted by Gasteiger charge is 2.40. The van der Waals surface area contributed by atoms with Crippen molar-refractivity contribution < 1.29 is 9.59 Å². The second kappa shape index (κ2) is 4.29. The van der Waals surface area contributed by atoms with E-state index in [-0.39, 0.29) is 11.8 Å². The summed E-state index contributed by atoms with van der Waals surface area (Å²) in [6.45, 7) is 4.37. The molecule has 2 amide bonds. The molecule has 6 heteroatoms. The van der Waals surface area contributed by atoms with Crippen LogP contribution < -0.4 is 11.1 Å². The summed E-state index contributed by atoms with van der Waals surface area (Å²) in [6, 6.07) is 3.19. The van der Waals surface area contributed by atoms with Gasteiger partial charge in [-0.25, -0.2) is 4.98 Å². The summed E-state index contributed by atoms with van der Waals surface area (Å²) >= 11 is 0. The van der Waals surface area contributed by atoms with Gasteiger partial charge in [0, 0.05) is 13.1 Å². The van der Waals surface area contributed by atoms with E-state index in [0.717, 1.165) is 0 Å². The predicted octanol–water partition coefficient (Wildman–Crippen LogP) is 0.0144. The van der Waals surface area contributed by atoms with E-state index in [1.807, 2.05) is 0 Å². The molecule has 1 aliphatic rings. The van der Waals surface area contributed by atoms with Gasteiger partial charge in [0.25, 0.3) is 5.91 Å². The Kier molecular flexibility index (Phi) is 2.94. The van der Waals surface area contributed by atoms with Gasteiger partial charge >= 0.3 is 0 Å². The number of nitrogens with two attached hydrogens (primary N) is 1. The molecule has 0 atom stereocenters. The maximum Gasteiger partial charge on any atom is 0.273 e. The standard InChI is InChI=1S/C12H16N4O2/c1-12(2)11(18)14-5-6-16(12)10(17)9-4-3-8(13)7-15-9/h3-4,7H,5-6,13H2,1-2H3,(H,14,18). The summed E-state index contributed by atoms with van der Waals surface area (Å²) in [6.07, 6.45) is 1.43. The van der Waals surface area contributed by atoms with Gasteiger partial charge in [0.1, 0.15) is 11.2 Å². The molecule has 96 valence electrons. The topological polar surface area (TPSA) is 88.3 Å². The molecular formula is C12H16N4O2. The lowest BCUT2D eigenvalue weighted by atomic mass is 9.98. The molecule has 18 heavy (non-hydrogen) atoms. The van der Waals surface area contributed by atoms with Crippen LogP contribution in [0.15, 0.2) is 18.3 Å². The third-order valence-electron chi connectivity index (χ3n) is 3.10. The van der Waals surface area contributed by atoms with Crippen LogP contribution in [0.2, 0.25) is 0 Å². The van der Waals surface area contributed by atoms with E-state index in [1.165, 1.54) is 11.1 Å². The Balaban J connectivity index is 2.28. The number of piperazine rings is 1. The smallest absolute Gasteiger partial charge is 0.273 e. The number of pyridine rings is 1. The second-order valence-electron chi connectivity index (χ2n) is 4.75. The highest BCUT2D eigenvalue weighted by atomic mass is 16.2. The molecule has 1 aromatic heterocycles. The Labute approximate surface area is 105 Å². The molecule has 0 saturated carbocycles. The van der Waals surface area contributed by atoms with E-state index in [1.54, 1.807) is 26.0 Å². The Morgan fingerprint density at radius 1 is 1.50 bits per heavy atom. The third kappa shape index (κ3) is 2.01. The van der Waals surface area contributed by atoms with E-state index < -0.39 is 5.54 Å². The maximum atomic E-state index is 12.3. The molecule has 1 saturated heterocycles. The fourth-order valence-corrected chi connectivity index (χ4v) is 1.93. The number of hydrogen-bond acceptors (Lipinski definition) is 4. The van der Waals surface area contributed by atoms with Crippen LogP contribution in [0.25, 0.3) is 0 Å². The molecule has 0 spiro atoms. The first-order valence-electron chi connectivity index (χ1n) is 5.75. The van der Waals surface area contributed by atoms with Crippen molar-refractivity contribution in [2.75, 3.05) is 18.8 Å². The largest absolute Gasteiger partial charge is 0.397 e. The molecule has 3 N–H and O–H groups in total. The van der Waals surface area contributed by atoms with Crippen LogP contribution in [0.5, 0.6) is 0 Å². The Bertz CT molecular complexity index is 481. The average Bonchev–Trinajstić information content (AvgIpc) is 2.33. The van der Waals surface area contributed by atoms with Gasteiger partial charge in [-0.1, -0.05) is 0 Å². The van der Waals surface area contributed by atoms with Gasteiger partial charge in [0.2, 0.25) is 5.91 Å². The first-order chi connectivity index (χ1) is 8.43. The number of nitrogen functional groups attached to an aromatic ring is 1. The SMILES string of the molecule is CC1(C)C(=O)NCCN1C(=O)c1ccc(N)cn1. The van der Waals surface area contributed by atoms with Crippen LogP contribution in [0.3, 0.4) is 0 Å². The van der Waals surface area contributed by atoms with Crippen molar-refractivity contribution in [3.8, 4) is 0 Å². The van der Waals surface area contributed by atoms with Crippen molar-refractivity contribution in [1.82, 2.24) is 15.2 Å². The van der Waals surface area contributed by atoms with Crippen LogP contribution in [0, 0.1) is 0 Å². The molecule has 6 nitrogen and oxygen atoms in total. The van der Waals surface area contributed by atoms with Crippen molar-refractivity contribution in [3.05, 3.63) is 24.0 Å². The summed E-state index contributed by atoms with van der Waals surface area (Å²) < 4.78 is 0. The molecule has 0 aliphatic carbocycles. The minimum atomic E-state index is -0.863. The van der Waals surface area contributed by atoms with Crippen molar-refractivity contribution >= 4 is 17.5 Å². The summed E-state index contributed by atoms with van der Waals surface area (Å²) in [5.41, 5.74) is 5.47. The number of carbonyl (C=O) groups excluding carboxylic acids is 2. The van der Waals surface area contributed by atoms with E-state index >= 15 is 0 Å². The van der Waals surface area contributed by atoms with Crippen LogP contribution >= 0.6 is 0 Å². The van der Waals surface area contributed by atoms with Crippen LogP contribution in [0.1, 0.15) is 24.3 Å². The van der Waals surface area contributed by atoms with E-state index in [2.05, 4.69) is 10.3 Å². The Morgan fingerprint density at radius 3 is 2.83 bits per heavy atom. The Morgan fingerprint density at radius 2 is 2.22 bits per heavy atom. The summed E-state index contributed by atoms with van der Waals surface area (Å²) in [5, 5.41) is 2.74. The number of hydrogen-bond donors (Lipinski definition) is 2. The highest BCUT2D eigenvalue weighted by molar-refractivity contribution is 5.98. The predicted molar refractivity (Wildman–Crippen MR) is 66.8 cm³/mol. The van der Waals surface area contributed by atoms with E-state index in [0.29, 0.717) is 24.5 Å². The first kappa shape index (κ1) is 12.3. The molecule has 1 aromatic rings. The molecule has 1 aliphatic heterocycles. The highest BCUT2D eigenvalue weighted by Crippen LogP contribution is 2.20. The summed E-state index contributed by atoms with van der Waals surface area (Å²) in [4.78, 5) is 29.6. The van der Waals surface area contributed by atoms with Gasteiger partial charge in [0.05, 0.1) is 11.9 Å². The van der Waals surface area contributed by atoms with Crippen molar-refractivity contribution in [3.63, 3.8) is 0 Å². The normalized spacial score (nSPS) is 18.3. The van der Waals surface area contributed by atoms with E-state index in [9.17, 15) is 9.59 Å². The van der Waals surface area contributed by atoms with Gasteiger partial charge in [-0.15, -0.1) is 0 Å². The zero-order chi connectivity index (χ0) is 13.3. The number of aromatic nitrogens is 1. The quantitative estimate of drug-likeness (QED) is 0.733. The van der Waals surface area contributed by atoms with Gasteiger partial charge < -0.3 is 16.0 Å². The number of nitrogens with zero attached hydrogens (tertiary/aromatic N) is 2. The van der Waals surface area contributed by atoms with Crippen LogP contribution in [-0.4, -0.2) is 40.3 Å². The number of carbonyl (C=O) groups is 2. The maximum absolute atomic E-state index is 12.3. The lowest BCUT2D eigenvalue weighted by Crippen LogP contribution is -2.63. The lowest BCUT2D eigenvalue weighted by molar-refractivity contribution is -0.133. The third-order valence-corrected chi connectivity index (χ3v) is 3.10. The minimum absolute atomic E-state index is 0.155. The number of rotatable bonds is 1. The molecule has 2 rings (SSSR count). The number of amides is 2. The second-order valence-corrected chi connectivity index (χ2v) is 4.75. The van der Waals surface area contributed by atoms with Crippen molar-refractivity contribution in [1.29, 1.82) is 0 Å². The van der Waals surface area contributed by atoms with Crippen LogP contribution in [-0.2, 0) is 4.79 Å². The molecule has 0 aromatic carbocycles. The number of nitrogens with one attached hydrogen (secondary N) is 1. The van der Waals surface area contributed by atoms with Gasteiger partial charge in [-0.2, -0.15) is 0 Å². The minimum Gasteiger partial charge on any atom is -0.397 e. The van der Waals surface area contributed by atoms with Crippen molar-refractivity contribution in [2.24, 2.45) is 0 Å². The lowest BCUT2D eigenvalue weighted by Gasteiger charge is -2.40. The molecule has 0 bridgehead atoms. The zero-order valence-corrected chi connectivity index (χ0v) is 10.4. The zero-order valence-electron chi connectivity index (χ0n) is 10.4. The fraction of sp³-hybridized carbons (Fsp3) is 0.417. The van der Waals surface area contributed by atoms with Crippen LogP contribution in [0.4, 0.5) is 5.69 Å². The average molecular weight is 248 g/mol. The Hall–Kier alpha value is -2.11. The molecule has 0 radical (unpaired) electrons. The monoisotopic (exact) mass is 248 g/mol. The fourth-order valence-electron chi connectivity index (χ4n) is 1.93. The van der Waals surface area contributed by atoms with Gasteiger partial charge in [-0.05, 0) is 26.0 Å². The van der Waals surface area contributed by atoms with Crippen molar-refractivity contribution in [2.45, 2.75) is 19.4 Å². The summed E-state index contributed by atoms with van der Waals surface area (Å²) in [5.74, 6) is -0.410. The van der Waals surface area contributed by atoms with Gasteiger partial charge in [-0.3, -0.25) is 9.59 Å². The molecular weight excluding hydrogens is 232 g/mol. The number of anilines is 1. The summed E-state index contributed by atoms with van der Waals surface area (Å²) in [7, 11) is 0.